The van der Waals surface area contributed by atoms with Gasteiger partial charge in [-0.3, -0.25) is 0 Å². The number of hydrogen-bond donors (Lipinski definition) is 1. The average Bonchev–Trinajstić information content (AvgIpc) is 2.69. The van der Waals surface area contributed by atoms with E-state index in [4.69, 9.17) is 0 Å². The summed E-state index contributed by atoms with van der Waals surface area (Å²) in [5.41, 5.74) is 4.29. The number of fused-ring (bicyclic) bond motifs is 1. The van der Waals surface area contributed by atoms with Gasteiger partial charge in [-0.05, 0) is 58.3 Å². The minimum atomic E-state index is 0.520. The zero-order valence-electron chi connectivity index (χ0n) is 12.0. The lowest BCUT2D eigenvalue weighted by molar-refractivity contribution is 0.618. The summed E-state index contributed by atoms with van der Waals surface area (Å²) in [6.45, 7) is 7.79. The molecule has 0 saturated carbocycles. The molecule has 1 N–H and O–H groups in total. The number of rotatable bonds is 5. The molecule has 0 radical (unpaired) electrons. The van der Waals surface area contributed by atoms with Crippen molar-refractivity contribution in [2.75, 3.05) is 13.6 Å². The van der Waals surface area contributed by atoms with Crippen molar-refractivity contribution >= 4 is 10.9 Å². The highest BCUT2D eigenvalue weighted by molar-refractivity contribution is 5.86. The molecule has 2 nitrogen and oxygen atoms in total. The normalized spacial score (nSPS) is 11.6. The second-order valence-electron chi connectivity index (χ2n) is 5.33. The van der Waals surface area contributed by atoms with Gasteiger partial charge in [0.15, 0.2) is 0 Å². The van der Waals surface area contributed by atoms with Crippen LogP contribution in [0.5, 0.6) is 0 Å². The fourth-order valence-corrected chi connectivity index (χ4v) is 2.62. The van der Waals surface area contributed by atoms with Crippen LogP contribution in [-0.2, 0) is 6.42 Å². The summed E-state index contributed by atoms with van der Waals surface area (Å²) in [4.78, 5) is 0. The summed E-state index contributed by atoms with van der Waals surface area (Å²) in [6, 6.07) is 7.22. The minimum absolute atomic E-state index is 0.520. The van der Waals surface area contributed by atoms with Crippen LogP contribution in [0.2, 0.25) is 0 Å². The van der Waals surface area contributed by atoms with Gasteiger partial charge in [0.05, 0.1) is 5.52 Å². The molecule has 0 fully saturated rings. The molecule has 0 spiro atoms. The van der Waals surface area contributed by atoms with Crippen molar-refractivity contribution in [2.45, 2.75) is 39.7 Å². The first-order chi connectivity index (χ1) is 8.65. The van der Waals surface area contributed by atoms with E-state index in [2.05, 4.69) is 55.1 Å². The third-order valence-electron chi connectivity index (χ3n) is 3.56. The zero-order chi connectivity index (χ0) is 13.1. The van der Waals surface area contributed by atoms with E-state index in [9.17, 15) is 0 Å². The van der Waals surface area contributed by atoms with Gasteiger partial charge in [-0.25, -0.2) is 0 Å². The first-order valence-corrected chi connectivity index (χ1v) is 6.88. The first kappa shape index (κ1) is 13.2. The van der Waals surface area contributed by atoms with Crippen molar-refractivity contribution in [1.29, 1.82) is 0 Å². The molecule has 0 aliphatic heterocycles. The molecule has 1 aromatic heterocycles. The van der Waals surface area contributed by atoms with Crippen molar-refractivity contribution in [3.63, 3.8) is 0 Å². The van der Waals surface area contributed by atoms with Gasteiger partial charge in [-0.2, -0.15) is 0 Å². The highest BCUT2D eigenvalue weighted by Crippen LogP contribution is 2.27. The van der Waals surface area contributed by atoms with Crippen LogP contribution >= 0.6 is 0 Å². The first-order valence-electron chi connectivity index (χ1n) is 6.88. The Morgan fingerprint density at radius 1 is 1.28 bits per heavy atom. The Bertz CT molecular complexity index is 523. The van der Waals surface area contributed by atoms with Crippen LogP contribution in [0.1, 0.15) is 37.4 Å². The van der Waals surface area contributed by atoms with Crippen LogP contribution in [0.15, 0.2) is 24.4 Å². The number of nitrogens with zero attached hydrogens (tertiary/aromatic N) is 1. The van der Waals surface area contributed by atoms with Crippen molar-refractivity contribution in [1.82, 2.24) is 9.88 Å². The molecule has 0 bridgehead atoms. The Labute approximate surface area is 110 Å². The van der Waals surface area contributed by atoms with Gasteiger partial charge in [-0.1, -0.05) is 18.2 Å². The quantitative estimate of drug-likeness (QED) is 0.794. The number of hydrogen-bond acceptors (Lipinski definition) is 1. The predicted molar refractivity (Wildman–Crippen MR) is 79.3 cm³/mol. The van der Waals surface area contributed by atoms with Gasteiger partial charge in [0.2, 0.25) is 0 Å². The molecule has 0 unspecified atom stereocenters. The summed E-state index contributed by atoms with van der Waals surface area (Å²) in [5.74, 6) is 0. The standard InChI is InChI=1S/C16H24N2/c1-12(2)18-11-13(3)15-9-5-7-14(16(15)18)8-6-10-17-4/h5,7,9,11-12,17H,6,8,10H2,1-4H3. The van der Waals surface area contributed by atoms with Crippen molar-refractivity contribution < 1.29 is 0 Å². The van der Waals surface area contributed by atoms with Gasteiger partial charge in [-0.15, -0.1) is 0 Å². The van der Waals surface area contributed by atoms with Crippen molar-refractivity contribution in [2.24, 2.45) is 0 Å². The Morgan fingerprint density at radius 3 is 2.72 bits per heavy atom. The number of aromatic nitrogens is 1. The zero-order valence-corrected chi connectivity index (χ0v) is 12.0. The summed E-state index contributed by atoms with van der Waals surface area (Å²) in [5, 5.41) is 4.63. The Morgan fingerprint density at radius 2 is 2.06 bits per heavy atom. The summed E-state index contributed by atoms with van der Waals surface area (Å²) >= 11 is 0. The molecule has 0 amide bonds. The monoisotopic (exact) mass is 244 g/mol. The van der Waals surface area contributed by atoms with E-state index in [1.54, 1.807) is 0 Å². The lowest BCUT2D eigenvalue weighted by Gasteiger charge is -2.13. The smallest absolute Gasteiger partial charge is 0.0517 e. The van der Waals surface area contributed by atoms with E-state index < -0.39 is 0 Å². The van der Waals surface area contributed by atoms with Gasteiger partial charge in [0, 0.05) is 17.6 Å². The highest BCUT2D eigenvalue weighted by atomic mass is 15.0. The maximum Gasteiger partial charge on any atom is 0.0517 e. The molecule has 0 aliphatic rings. The van der Waals surface area contributed by atoms with Gasteiger partial charge >= 0.3 is 0 Å². The maximum atomic E-state index is 3.22. The molecule has 2 aromatic rings. The van der Waals surface area contributed by atoms with Crippen LogP contribution in [0.3, 0.4) is 0 Å². The molecule has 0 aliphatic carbocycles. The maximum absolute atomic E-state index is 3.22. The molecule has 2 heteroatoms. The van der Waals surface area contributed by atoms with E-state index in [1.165, 1.54) is 28.5 Å². The van der Waals surface area contributed by atoms with Gasteiger partial charge < -0.3 is 9.88 Å². The number of benzene rings is 1. The molecule has 2 rings (SSSR count). The van der Waals surface area contributed by atoms with Gasteiger partial charge in [0.25, 0.3) is 0 Å². The lowest BCUT2D eigenvalue weighted by Crippen LogP contribution is -2.09. The Kier molecular flexibility index (Phi) is 4.07. The number of para-hydroxylation sites is 1. The molecule has 1 heterocycles. The van der Waals surface area contributed by atoms with Crippen LogP contribution in [0.25, 0.3) is 10.9 Å². The van der Waals surface area contributed by atoms with Crippen LogP contribution < -0.4 is 5.32 Å². The Balaban J connectivity index is 2.45. The fraction of sp³-hybridized carbons (Fsp3) is 0.500. The molecule has 98 valence electrons. The summed E-state index contributed by atoms with van der Waals surface area (Å²) in [6.07, 6.45) is 4.63. The largest absolute Gasteiger partial charge is 0.344 e. The lowest BCUT2D eigenvalue weighted by atomic mass is 10.0. The van der Waals surface area contributed by atoms with Crippen molar-refractivity contribution in [3.8, 4) is 0 Å². The van der Waals surface area contributed by atoms with Crippen molar-refractivity contribution in [3.05, 3.63) is 35.5 Å². The van der Waals surface area contributed by atoms with Crippen LogP contribution in [0, 0.1) is 6.92 Å². The molecule has 0 saturated heterocycles. The topological polar surface area (TPSA) is 17.0 Å². The molecule has 0 atom stereocenters. The number of nitrogens with one attached hydrogen (secondary N) is 1. The van der Waals surface area contributed by atoms with Crippen LogP contribution in [0.4, 0.5) is 0 Å². The summed E-state index contributed by atoms with van der Waals surface area (Å²) in [7, 11) is 2.02. The van der Waals surface area contributed by atoms with E-state index in [0.29, 0.717) is 6.04 Å². The van der Waals surface area contributed by atoms with E-state index in [0.717, 1.165) is 13.0 Å². The van der Waals surface area contributed by atoms with E-state index in [-0.39, 0.29) is 0 Å². The van der Waals surface area contributed by atoms with Gasteiger partial charge in [0.1, 0.15) is 0 Å². The average molecular weight is 244 g/mol. The fourth-order valence-electron chi connectivity index (χ4n) is 2.62. The SMILES string of the molecule is CNCCCc1cccc2c(C)cn(C(C)C)c12. The minimum Gasteiger partial charge on any atom is -0.344 e. The molecular weight excluding hydrogens is 220 g/mol. The van der Waals surface area contributed by atoms with Crippen LogP contribution in [-0.4, -0.2) is 18.2 Å². The third kappa shape index (κ3) is 2.44. The second-order valence-corrected chi connectivity index (χ2v) is 5.33. The Hall–Kier alpha value is -1.28. The molecular formula is C16H24N2. The third-order valence-corrected chi connectivity index (χ3v) is 3.56. The number of aryl methyl sites for hydroxylation is 2. The second kappa shape index (κ2) is 5.57. The molecule has 18 heavy (non-hydrogen) atoms. The highest BCUT2D eigenvalue weighted by Gasteiger charge is 2.11. The summed E-state index contributed by atoms with van der Waals surface area (Å²) < 4.78 is 2.42. The van der Waals surface area contributed by atoms with E-state index >= 15 is 0 Å². The molecule has 1 aromatic carbocycles. The predicted octanol–water partition coefficient (Wildman–Crippen LogP) is 3.68. The van der Waals surface area contributed by atoms with E-state index in [1.807, 2.05) is 7.05 Å².